The first-order valence-electron chi connectivity index (χ1n) is 6.77. The molecule has 0 aromatic rings. The Labute approximate surface area is 115 Å². The lowest BCUT2D eigenvalue weighted by Crippen LogP contribution is -2.10. The summed E-state index contributed by atoms with van der Waals surface area (Å²) in [6, 6.07) is 0. The van der Waals surface area contributed by atoms with Crippen molar-refractivity contribution in [3.05, 3.63) is 23.8 Å². The highest BCUT2D eigenvalue weighted by molar-refractivity contribution is 7.54. The molecule has 1 aliphatic rings. The van der Waals surface area contributed by atoms with Gasteiger partial charge in [0.2, 0.25) is 0 Å². The predicted molar refractivity (Wildman–Crippen MR) is 76.4 cm³/mol. The van der Waals surface area contributed by atoms with Gasteiger partial charge in [-0.1, -0.05) is 19.1 Å². The van der Waals surface area contributed by atoms with Crippen molar-refractivity contribution in [2.45, 2.75) is 33.6 Å². The molecule has 0 amide bonds. The molecule has 4 nitrogen and oxygen atoms in total. The molecule has 108 valence electrons. The Bertz CT molecular complexity index is 402. The van der Waals surface area contributed by atoms with E-state index in [4.69, 9.17) is 9.05 Å². The third kappa shape index (κ3) is 5.85. The lowest BCUT2D eigenvalue weighted by atomic mass is 9.89. The number of hydrogen-bond donors (Lipinski definition) is 0. The molecular formula is C14H23O4P. The van der Waals surface area contributed by atoms with Crippen LogP contribution in [-0.2, 0) is 18.4 Å². The number of hydrogen-bond acceptors (Lipinski definition) is 4. The van der Waals surface area contributed by atoms with E-state index in [0.29, 0.717) is 25.6 Å². The molecule has 0 N–H and O–H groups in total. The van der Waals surface area contributed by atoms with Crippen LogP contribution in [0.25, 0.3) is 0 Å². The lowest BCUT2D eigenvalue weighted by molar-refractivity contribution is -0.115. The molecular weight excluding hydrogens is 263 g/mol. The zero-order chi connectivity index (χ0) is 14.3. The SMILES string of the molecule is CCOP(=O)(C/C=C/C1=CC(=O)CC(C)C1)OCC. The third-order valence-corrected chi connectivity index (χ3v) is 4.75. The fraction of sp³-hybridized carbons (Fsp3) is 0.643. The van der Waals surface area contributed by atoms with Gasteiger partial charge in [0.15, 0.2) is 5.78 Å². The summed E-state index contributed by atoms with van der Waals surface area (Å²) in [6.07, 6.45) is 7.06. The Morgan fingerprint density at radius 2 is 1.95 bits per heavy atom. The number of rotatable bonds is 7. The van der Waals surface area contributed by atoms with E-state index in [1.807, 2.05) is 6.08 Å². The summed E-state index contributed by atoms with van der Waals surface area (Å²) in [5.74, 6) is 0.541. The van der Waals surface area contributed by atoms with Gasteiger partial charge in [-0.3, -0.25) is 9.36 Å². The van der Waals surface area contributed by atoms with Crippen molar-refractivity contribution in [3.63, 3.8) is 0 Å². The summed E-state index contributed by atoms with van der Waals surface area (Å²) in [5, 5.41) is 0. The van der Waals surface area contributed by atoms with Gasteiger partial charge in [-0.25, -0.2) is 0 Å². The van der Waals surface area contributed by atoms with Crippen molar-refractivity contribution in [2.75, 3.05) is 19.4 Å². The second kappa shape index (κ2) is 7.78. The highest BCUT2D eigenvalue weighted by Gasteiger charge is 2.21. The van der Waals surface area contributed by atoms with Crippen LogP contribution in [-0.4, -0.2) is 25.2 Å². The number of allylic oxidation sites excluding steroid dienone is 4. The molecule has 0 fully saturated rings. The van der Waals surface area contributed by atoms with Gasteiger partial charge in [0.25, 0.3) is 0 Å². The maximum Gasteiger partial charge on any atom is 0.334 e. The number of carbonyl (C=O) groups excluding carboxylic acids is 1. The molecule has 1 aliphatic carbocycles. The highest BCUT2D eigenvalue weighted by atomic mass is 31.2. The Hall–Kier alpha value is -0.700. The largest absolute Gasteiger partial charge is 0.334 e. The molecule has 5 heteroatoms. The molecule has 1 rings (SSSR count). The maximum absolute atomic E-state index is 12.2. The van der Waals surface area contributed by atoms with Crippen molar-refractivity contribution in [2.24, 2.45) is 5.92 Å². The van der Waals surface area contributed by atoms with Crippen LogP contribution in [0.3, 0.4) is 0 Å². The van der Waals surface area contributed by atoms with Gasteiger partial charge in [0.05, 0.1) is 19.4 Å². The summed E-state index contributed by atoms with van der Waals surface area (Å²) >= 11 is 0. The van der Waals surface area contributed by atoms with E-state index in [-0.39, 0.29) is 11.9 Å². The second-order valence-corrected chi connectivity index (χ2v) is 6.83. The van der Waals surface area contributed by atoms with Gasteiger partial charge in [0.1, 0.15) is 0 Å². The molecule has 0 bridgehead atoms. The summed E-state index contributed by atoms with van der Waals surface area (Å²) in [6.45, 7) is 6.37. The van der Waals surface area contributed by atoms with Crippen molar-refractivity contribution >= 4 is 13.4 Å². The van der Waals surface area contributed by atoms with Crippen LogP contribution in [0.4, 0.5) is 0 Å². The molecule has 0 aromatic carbocycles. The minimum Gasteiger partial charge on any atom is -0.309 e. The van der Waals surface area contributed by atoms with E-state index in [9.17, 15) is 9.36 Å². The molecule has 1 unspecified atom stereocenters. The van der Waals surface area contributed by atoms with Crippen LogP contribution in [0.2, 0.25) is 0 Å². The zero-order valence-electron chi connectivity index (χ0n) is 11.9. The van der Waals surface area contributed by atoms with Crippen molar-refractivity contribution in [1.29, 1.82) is 0 Å². The van der Waals surface area contributed by atoms with Crippen molar-refractivity contribution in [1.82, 2.24) is 0 Å². The number of ketones is 1. The Morgan fingerprint density at radius 3 is 2.47 bits per heavy atom. The minimum atomic E-state index is -3.02. The first kappa shape index (κ1) is 16.4. The summed E-state index contributed by atoms with van der Waals surface area (Å²) < 4.78 is 22.6. The van der Waals surface area contributed by atoms with Crippen LogP contribution >= 0.6 is 7.60 Å². The van der Waals surface area contributed by atoms with Gasteiger partial charge in [0, 0.05) is 6.42 Å². The van der Waals surface area contributed by atoms with Crippen LogP contribution < -0.4 is 0 Å². The van der Waals surface area contributed by atoms with Crippen LogP contribution in [0.1, 0.15) is 33.6 Å². The zero-order valence-corrected chi connectivity index (χ0v) is 12.8. The first-order chi connectivity index (χ1) is 8.99. The van der Waals surface area contributed by atoms with Gasteiger partial charge >= 0.3 is 7.60 Å². The topological polar surface area (TPSA) is 52.6 Å². The van der Waals surface area contributed by atoms with E-state index >= 15 is 0 Å². The molecule has 0 aromatic heterocycles. The van der Waals surface area contributed by atoms with Crippen molar-refractivity contribution in [3.8, 4) is 0 Å². The number of carbonyl (C=O) groups is 1. The molecule has 0 saturated heterocycles. The Kier molecular flexibility index (Phi) is 6.70. The summed E-state index contributed by atoms with van der Waals surface area (Å²) in [5.41, 5.74) is 0.989. The van der Waals surface area contributed by atoms with Gasteiger partial charge in [-0.05, 0) is 37.8 Å². The smallest absolute Gasteiger partial charge is 0.309 e. The third-order valence-electron chi connectivity index (χ3n) is 2.79. The molecule has 0 radical (unpaired) electrons. The molecule has 0 heterocycles. The normalized spacial score (nSPS) is 20.9. The minimum absolute atomic E-state index is 0.163. The van der Waals surface area contributed by atoms with E-state index < -0.39 is 7.60 Å². The molecule has 0 spiro atoms. The first-order valence-corrected chi connectivity index (χ1v) is 8.50. The van der Waals surface area contributed by atoms with E-state index in [2.05, 4.69) is 6.92 Å². The van der Waals surface area contributed by atoms with Gasteiger partial charge < -0.3 is 9.05 Å². The Morgan fingerprint density at radius 1 is 1.32 bits per heavy atom. The fourth-order valence-corrected chi connectivity index (χ4v) is 3.56. The maximum atomic E-state index is 12.2. The summed E-state index contributed by atoms with van der Waals surface area (Å²) in [7, 11) is -3.02. The standard InChI is InChI=1S/C14H23O4P/c1-4-17-19(16,18-5-2)8-6-7-13-9-12(3)10-14(15)11-13/h6-7,11-12H,4-5,8-10H2,1-3H3/b7-6+. The molecule has 0 aliphatic heterocycles. The quantitative estimate of drug-likeness (QED) is 0.669. The average molecular weight is 286 g/mol. The predicted octanol–water partition coefficient (Wildman–Crippen LogP) is 3.73. The van der Waals surface area contributed by atoms with Gasteiger partial charge in [-0.2, -0.15) is 0 Å². The van der Waals surface area contributed by atoms with E-state index in [0.717, 1.165) is 12.0 Å². The average Bonchev–Trinajstić information content (AvgIpc) is 2.28. The molecule has 19 heavy (non-hydrogen) atoms. The van der Waals surface area contributed by atoms with Gasteiger partial charge in [-0.15, -0.1) is 0 Å². The van der Waals surface area contributed by atoms with Crippen molar-refractivity contribution < 1.29 is 18.4 Å². The van der Waals surface area contributed by atoms with Crippen LogP contribution in [0.5, 0.6) is 0 Å². The van der Waals surface area contributed by atoms with E-state index in [1.165, 1.54) is 0 Å². The monoisotopic (exact) mass is 286 g/mol. The Balaban J connectivity index is 2.61. The van der Waals surface area contributed by atoms with E-state index in [1.54, 1.807) is 26.0 Å². The summed E-state index contributed by atoms with van der Waals surface area (Å²) in [4.78, 5) is 11.4. The lowest BCUT2D eigenvalue weighted by Gasteiger charge is -2.17. The molecule has 0 saturated carbocycles. The fourth-order valence-electron chi connectivity index (χ4n) is 2.13. The van der Waals surface area contributed by atoms with Crippen LogP contribution in [0.15, 0.2) is 23.8 Å². The highest BCUT2D eigenvalue weighted by Crippen LogP contribution is 2.47. The second-order valence-electron chi connectivity index (χ2n) is 4.73. The van der Waals surface area contributed by atoms with Crippen LogP contribution in [0, 0.1) is 5.92 Å². The molecule has 1 atom stereocenters.